The van der Waals surface area contributed by atoms with Gasteiger partial charge in [0.2, 0.25) is 5.89 Å². The van der Waals surface area contributed by atoms with Crippen LogP contribution in [-0.2, 0) is 0 Å². The number of nitrogens with one attached hydrogen (secondary N) is 1. The summed E-state index contributed by atoms with van der Waals surface area (Å²) in [6.07, 6.45) is 0. The van der Waals surface area contributed by atoms with E-state index in [0.717, 1.165) is 0 Å². The maximum Gasteiger partial charge on any atom is 0.322 e. The lowest BCUT2D eigenvalue weighted by Crippen LogP contribution is -2.11. The van der Waals surface area contributed by atoms with Crippen molar-refractivity contribution in [3.05, 3.63) is 64.9 Å². The second kappa shape index (κ2) is 5.95. The third-order valence-electron chi connectivity index (χ3n) is 2.80. The fourth-order valence-corrected chi connectivity index (χ4v) is 2.00. The zero-order chi connectivity index (χ0) is 15.5. The number of nitrogens with zero attached hydrogens (tertiary/aromatic N) is 2. The summed E-state index contributed by atoms with van der Waals surface area (Å²) in [5.41, 5.74) is 0.786. The van der Waals surface area contributed by atoms with Crippen molar-refractivity contribution in [2.75, 3.05) is 5.32 Å². The largest absolute Gasteiger partial charge is 0.403 e. The van der Waals surface area contributed by atoms with Crippen LogP contribution in [0.1, 0.15) is 10.4 Å². The molecule has 7 heteroatoms. The van der Waals surface area contributed by atoms with Crippen molar-refractivity contribution >= 4 is 23.5 Å². The molecule has 1 aromatic heterocycles. The van der Waals surface area contributed by atoms with Crippen molar-refractivity contribution in [3.8, 4) is 11.5 Å². The van der Waals surface area contributed by atoms with E-state index in [0.29, 0.717) is 16.1 Å². The number of hydrogen-bond acceptors (Lipinski definition) is 4. The van der Waals surface area contributed by atoms with Gasteiger partial charge >= 0.3 is 6.01 Å². The maximum atomic E-state index is 13.2. The fraction of sp³-hybridized carbons (Fsp3) is 0. The van der Waals surface area contributed by atoms with Gasteiger partial charge in [-0.3, -0.25) is 10.1 Å². The minimum atomic E-state index is -0.433. The van der Waals surface area contributed by atoms with Crippen LogP contribution in [0.5, 0.6) is 0 Å². The van der Waals surface area contributed by atoms with Crippen LogP contribution in [0.2, 0.25) is 5.02 Å². The first kappa shape index (κ1) is 14.2. The highest BCUT2D eigenvalue weighted by atomic mass is 35.5. The predicted molar refractivity (Wildman–Crippen MR) is 79.1 cm³/mol. The van der Waals surface area contributed by atoms with Crippen molar-refractivity contribution in [1.82, 2.24) is 10.2 Å². The highest BCUT2D eigenvalue weighted by molar-refractivity contribution is 6.31. The zero-order valence-corrected chi connectivity index (χ0v) is 11.8. The van der Waals surface area contributed by atoms with Crippen LogP contribution in [0.3, 0.4) is 0 Å². The van der Waals surface area contributed by atoms with Gasteiger partial charge in [0.15, 0.2) is 0 Å². The van der Waals surface area contributed by atoms with Gasteiger partial charge in [-0.1, -0.05) is 28.8 Å². The van der Waals surface area contributed by atoms with Gasteiger partial charge in [0.1, 0.15) is 5.82 Å². The van der Waals surface area contributed by atoms with Crippen LogP contribution in [0.25, 0.3) is 11.5 Å². The summed E-state index contributed by atoms with van der Waals surface area (Å²) in [5, 5.41) is 10.4. The molecule has 0 fully saturated rings. The van der Waals surface area contributed by atoms with Crippen molar-refractivity contribution in [2.24, 2.45) is 0 Å². The lowest BCUT2D eigenvalue weighted by atomic mass is 10.2. The standard InChI is InChI=1S/C15H9ClFN3O2/c16-11-5-1-3-9(7-11)13(21)18-15-20-19-14(22-15)10-4-2-6-12(17)8-10/h1-8H,(H,18,20,21). The third-order valence-corrected chi connectivity index (χ3v) is 3.04. The Morgan fingerprint density at radius 3 is 2.73 bits per heavy atom. The molecule has 0 radical (unpaired) electrons. The first-order chi connectivity index (χ1) is 10.6. The minimum Gasteiger partial charge on any atom is -0.403 e. The molecule has 1 heterocycles. The van der Waals surface area contributed by atoms with Crippen molar-refractivity contribution in [2.45, 2.75) is 0 Å². The first-order valence-corrected chi connectivity index (χ1v) is 6.66. The smallest absolute Gasteiger partial charge is 0.322 e. The van der Waals surface area contributed by atoms with Gasteiger partial charge in [-0.25, -0.2) is 4.39 Å². The van der Waals surface area contributed by atoms with Gasteiger partial charge in [0, 0.05) is 16.1 Å². The SMILES string of the molecule is O=C(Nc1nnc(-c2cccc(F)c2)o1)c1cccc(Cl)c1. The summed E-state index contributed by atoms with van der Waals surface area (Å²) in [4.78, 5) is 12.0. The van der Waals surface area contributed by atoms with Gasteiger partial charge < -0.3 is 4.42 Å². The molecule has 1 N–H and O–H groups in total. The number of hydrogen-bond donors (Lipinski definition) is 1. The zero-order valence-electron chi connectivity index (χ0n) is 11.1. The molecule has 0 unspecified atom stereocenters. The number of amides is 1. The van der Waals surface area contributed by atoms with E-state index in [-0.39, 0.29) is 11.9 Å². The average molecular weight is 318 g/mol. The Hall–Kier alpha value is -2.73. The number of aromatic nitrogens is 2. The van der Waals surface area contributed by atoms with Crippen molar-refractivity contribution in [1.29, 1.82) is 0 Å². The van der Waals surface area contributed by atoms with Gasteiger partial charge in [-0.05, 0) is 36.4 Å². The summed E-state index contributed by atoms with van der Waals surface area (Å²) in [5.74, 6) is -0.738. The van der Waals surface area contributed by atoms with E-state index in [1.165, 1.54) is 24.3 Å². The molecular weight excluding hydrogens is 309 g/mol. The lowest BCUT2D eigenvalue weighted by molar-refractivity contribution is 0.102. The average Bonchev–Trinajstić information content (AvgIpc) is 2.96. The quantitative estimate of drug-likeness (QED) is 0.798. The van der Waals surface area contributed by atoms with Gasteiger partial charge in [0.25, 0.3) is 5.91 Å². The molecule has 0 aliphatic rings. The Bertz CT molecular complexity index is 835. The van der Waals surface area contributed by atoms with Crippen LogP contribution >= 0.6 is 11.6 Å². The molecule has 3 rings (SSSR count). The molecular formula is C15H9ClFN3O2. The topological polar surface area (TPSA) is 68.0 Å². The normalized spacial score (nSPS) is 10.5. The van der Waals surface area contributed by atoms with E-state index in [2.05, 4.69) is 15.5 Å². The van der Waals surface area contributed by atoms with Crippen molar-refractivity contribution in [3.63, 3.8) is 0 Å². The molecule has 5 nitrogen and oxygen atoms in total. The Labute approximate surface area is 129 Å². The molecule has 0 saturated heterocycles. The maximum absolute atomic E-state index is 13.2. The van der Waals surface area contributed by atoms with Crippen molar-refractivity contribution < 1.29 is 13.6 Å². The molecule has 3 aromatic rings. The number of carbonyl (C=O) groups is 1. The molecule has 1 amide bonds. The van der Waals surface area contributed by atoms with Crippen LogP contribution in [0, 0.1) is 5.82 Å². The molecule has 0 aliphatic heterocycles. The van der Waals surface area contributed by atoms with Crippen LogP contribution in [-0.4, -0.2) is 16.1 Å². The molecule has 22 heavy (non-hydrogen) atoms. The van der Waals surface area contributed by atoms with Crippen LogP contribution < -0.4 is 5.32 Å². The number of rotatable bonds is 3. The second-order valence-corrected chi connectivity index (χ2v) is 4.82. The van der Waals surface area contributed by atoms with E-state index in [9.17, 15) is 9.18 Å². The van der Waals surface area contributed by atoms with Crippen LogP contribution in [0.15, 0.2) is 52.9 Å². The summed E-state index contributed by atoms with van der Waals surface area (Å²) in [7, 11) is 0. The summed E-state index contributed by atoms with van der Waals surface area (Å²) >= 11 is 5.82. The van der Waals surface area contributed by atoms with Gasteiger partial charge in [-0.2, -0.15) is 0 Å². The predicted octanol–water partition coefficient (Wildman–Crippen LogP) is 3.78. The van der Waals surface area contributed by atoms with E-state index in [4.69, 9.17) is 16.0 Å². The number of carbonyl (C=O) groups excluding carboxylic acids is 1. The molecule has 0 bridgehead atoms. The number of benzene rings is 2. The summed E-state index contributed by atoms with van der Waals surface area (Å²) < 4.78 is 18.5. The molecule has 0 spiro atoms. The van der Waals surface area contributed by atoms with E-state index in [1.807, 2.05) is 0 Å². The number of anilines is 1. The Morgan fingerprint density at radius 2 is 1.95 bits per heavy atom. The van der Waals surface area contributed by atoms with E-state index in [1.54, 1.807) is 24.3 Å². The van der Waals surface area contributed by atoms with E-state index >= 15 is 0 Å². The third kappa shape index (κ3) is 3.12. The molecule has 0 atom stereocenters. The molecule has 0 saturated carbocycles. The van der Waals surface area contributed by atoms with E-state index < -0.39 is 11.7 Å². The lowest BCUT2D eigenvalue weighted by Gasteiger charge is -2.00. The minimum absolute atomic E-state index is 0.0794. The second-order valence-electron chi connectivity index (χ2n) is 4.39. The fourth-order valence-electron chi connectivity index (χ4n) is 1.81. The monoisotopic (exact) mass is 317 g/mol. The summed E-state index contributed by atoms with van der Waals surface area (Å²) in [6, 6.07) is 12.1. The Kier molecular flexibility index (Phi) is 3.84. The van der Waals surface area contributed by atoms with Crippen LogP contribution in [0.4, 0.5) is 10.4 Å². The number of halogens is 2. The Morgan fingerprint density at radius 1 is 1.14 bits per heavy atom. The molecule has 2 aromatic carbocycles. The van der Waals surface area contributed by atoms with Gasteiger partial charge in [0.05, 0.1) is 0 Å². The van der Waals surface area contributed by atoms with Gasteiger partial charge in [-0.15, -0.1) is 5.10 Å². The molecule has 0 aliphatic carbocycles. The highest BCUT2D eigenvalue weighted by Crippen LogP contribution is 2.21. The molecule has 110 valence electrons. The first-order valence-electron chi connectivity index (χ1n) is 6.28. The summed E-state index contributed by atoms with van der Waals surface area (Å²) in [6.45, 7) is 0. The Balaban J connectivity index is 1.78. The highest BCUT2D eigenvalue weighted by Gasteiger charge is 2.13.